The summed E-state index contributed by atoms with van der Waals surface area (Å²) >= 11 is 0. The van der Waals surface area contributed by atoms with Crippen LogP contribution >= 0.6 is 0 Å². The summed E-state index contributed by atoms with van der Waals surface area (Å²) in [5.74, 6) is -0.193. The van der Waals surface area contributed by atoms with Crippen LogP contribution in [0.25, 0.3) is 10.8 Å². The molecule has 0 aliphatic carbocycles. The standard InChI is InChI=1S/C21H30N2O5S/c1-14(2)10-11-23(20(15(3)4)21(24)22-25)29(26,27)19-9-7-16-6-8-18(28-5)12-17(16)13-19/h6-9,12-15,20,25H,10-11H2,1-5H3,(H,22,24)/t20-/m1/s1. The first kappa shape index (κ1) is 23.1. The Morgan fingerprint density at radius 2 is 1.76 bits per heavy atom. The summed E-state index contributed by atoms with van der Waals surface area (Å²) in [5.41, 5.74) is 1.62. The molecule has 0 unspecified atom stereocenters. The third-order valence-corrected chi connectivity index (χ3v) is 6.75. The SMILES string of the molecule is COc1ccc2ccc(S(=O)(=O)N(CCC(C)C)[C@@H](C(=O)NO)C(C)C)cc2c1. The van der Waals surface area contributed by atoms with Crippen LogP contribution in [0.5, 0.6) is 5.75 Å². The summed E-state index contributed by atoms with van der Waals surface area (Å²) in [6, 6.07) is 9.28. The first-order valence-electron chi connectivity index (χ1n) is 9.65. The molecule has 2 N–H and O–H groups in total. The molecular formula is C21H30N2O5S. The minimum atomic E-state index is -3.99. The van der Waals surface area contributed by atoms with Gasteiger partial charge in [0.25, 0.3) is 5.91 Å². The van der Waals surface area contributed by atoms with Crippen molar-refractivity contribution in [3.8, 4) is 5.75 Å². The lowest BCUT2D eigenvalue weighted by Crippen LogP contribution is -2.52. The Balaban J connectivity index is 2.57. The van der Waals surface area contributed by atoms with E-state index in [0.29, 0.717) is 12.2 Å². The van der Waals surface area contributed by atoms with Crippen molar-refractivity contribution in [1.82, 2.24) is 9.79 Å². The van der Waals surface area contributed by atoms with E-state index in [4.69, 9.17) is 4.74 Å². The maximum Gasteiger partial charge on any atom is 0.262 e. The molecule has 0 spiro atoms. The van der Waals surface area contributed by atoms with E-state index < -0.39 is 22.0 Å². The van der Waals surface area contributed by atoms with Gasteiger partial charge in [-0.15, -0.1) is 0 Å². The number of ether oxygens (including phenoxy) is 1. The summed E-state index contributed by atoms with van der Waals surface area (Å²) < 4.78 is 33.5. The van der Waals surface area contributed by atoms with Gasteiger partial charge in [0.2, 0.25) is 10.0 Å². The van der Waals surface area contributed by atoms with Crippen LogP contribution in [0.1, 0.15) is 34.1 Å². The van der Waals surface area contributed by atoms with E-state index in [-0.39, 0.29) is 23.3 Å². The number of benzene rings is 2. The molecule has 0 bridgehead atoms. The van der Waals surface area contributed by atoms with Crippen molar-refractivity contribution in [2.24, 2.45) is 11.8 Å². The predicted octanol–water partition coefficient (Wildman–Crippen LogP) is 3.42. The zero-order chi connectivity index (χ0) is 21.8. The number of hydrogen-bond acceptors (Lipinski definition) is 5. The van der Waals surface area contributed by atoms with Crippen LogP contribution < -0.4 is 10.2 Å². The Morgan fingerprint density at radius 3 is 2.31 bits per heavy atom. The van der Waals surface area contributed by atoms with E-state index in [2.05, 4.69) is 0 Å². The molecule has 0 aromatic heterocycles. The number of methoxy groups -OCH3 is 1. The highest BCUT2D eigenvalue weighted by molar-refractivity contribution is 7.89. The summed E-state index contributed by atoms with van der Waals surface area (Å²) in [6.07, 6.45) is 0.586. The molecule has 0 heterocycles. The fourth-order valence-electron chi connectivity index (χ4n) is 3.25. The molecular weight excluding hydrogens is 392 g/mol. The van der Waals surface area contributed by atoms with Gasteiger partial charge in [-0.2, -0.15) is 4.31 Å². The normalized spacial score (nSPS) is 13.3. The third-order valence-electron chi connectivity index (χ3n) is 4.87. The molecule has 29 heavy (non-hydrogen) atoms. The van der Waals surface area contributed by atoms with Gasteiger partial charge in [-0.3, -0.25) is 10.0 Å². The second-order valence-electron chi connectivity index (χ2n) is 7.84. The Hall–Kier alpha value is -2.16. The first-order chi connectivity index (χ1) is 13.6. The van der Waals surface area contributed by atoms with Crippen molar-refractivity contribution >= 4 is 26.7 Å². The number of rotatable bonds is 9. The summed E-state index contributed by atoms with van der Waals surface area (Å²) in [6.45, 7) is 7.66. The Bertz CT molecular complexity index is 957. The highest BCUT2D eigenvalue weighted by Crippen LogP contribution is 2.28. The number of hydroxylamine groups is 1. The minimum Gasteiger partial charge on any atom is -0.497 e. The number of carbonyl (C=O) groups excluding carboxylic acids is 1. The van der Waals surface area contributed by atoms with Gasteiger partial charge in [0.15, 0.2) is 0 Å². The Labute approximate surface area is 172 Å². The zero-order valence-corrected chi connectivity index (χ0v) is 18.4. The van der Waals surface area contributed by atoms with Crippen LogP contribution in [-0.4, -0.2) is 43.5 Å². The van der Waals surface area contributed by atoms with Gasteiger partial charge in [0.05, 0.1) is 12.0 Å². The molecule has 0 saturated carbocycles. The van der Waals surface area contributed by atoms with Crippen LogP contribution in [0.15, 0.2) is 41.3 Å². The molecule has 160 valence electrons. The predicted molar refractivity (Wildman–Crippen MR) is 112 cm³/mol. The Morgan fingerprint density at radius 1 is 1.10 bits per heavy atom. The highest BCUT2D eigenvalue weighted by atomic mass is 32.2. The molecule has 7 nitrogen and oxygen atoms in total. The zero-order valence-electron chi connectivity index (χ0n) is 17.5. The minimum absolute atomic E-state index is 0.0957. The maximum atomic E-state index is 13.5. The lowest BCUT2D eigenvalue weighted by molar-refractivity contribution is -0.134. The van der Waals surface area contributed by atoms with E-state index in [1.807, 2.05) is 26.0 Å². The van der Waals surface area contributed by atoms with E-state index in [9.17, 15) is 18.4 Å². The number of amides is 1. The number of nitrogens with one attached hydrogen (secondary N) is 1. The second kappa shape index (κ2) is 9.56. The lowest BCUT2D eigenvalue weighted by atomic mass is 10.0. The van der Waals surface area contributed by atoms with Crippen molar-refractivity contribution in [1.29, 1.82) is 0 Å². The number of carbonyl (C=O) groups is 1. The summed E-state index contributed by atoms with van der Waals surface area (Å²) in [5, 5.41) is 10.8. The monoisotopic (exact) mass is 422 g/mol. The molecule has 1 amide bonds. The molecule has 8 heteroatoms. The van der Waals surface area contributed by atoms with Crippen LogP contribution in [0.3, 0.4) is 0 Å². The summed E-state index contributed by atoms with van der Waals surface area (Å²) in [7, 11) is -2.43. The maximum absolute atomic E-state index is 13.5. The van der Waals surface area contributed by atoms with E-state index in [1.165, 1.54) is 4.31 Å². The molecule has 1 atom stereocenters. The molecule has 2 rings (SSSR count). The van der Waals surface area contributed by atoms with E-state index in [0.717, 1.165) is 10.8 Å². The van der Waals surface area contributed by atoms with Crippen LogP contribution in [0, 0.1) is 11.8 Å². The van der Waals surface area contributed by atoms with Gasteiger partial charge >= 0.3 is 0 Å². The average molecular weight is 423 g/mol. The first-order valence-corrected chi connectivity index (χ1v) is 11.1. The quantitative estimate of drug-likeness (QED) is 0.477. The molecule has 0 aliphatic rings. The number of fused-ring (bicyclic) bond motifs is 1. The molecule has 2 aromatic rings. The fraction of sp³-hybridized carbons (Fsp3) is 0.476. The molecule has 2 aromatic carbocycles. The van der Waals surface area contributed by atoms with Crippen LogP contribution in [0.4, 0.5) is 0 Å². The summed E-state index contributed by atoms with van der Waals surface area (Å²) in [4.78, 5) is 12.4. The van der Waals surface area contributed by atoms with Gasteiger partial charge in [0.1, 0.15) is 11.8 Å². The molecule has 0 aliphatic heterocycles. The van der Waals surface area contributed by atoms with E-state index in [1.54, 1.807) is 50.7 Å². The van der Waals surface area contributed by atoms with Gasteiger partial charge in [-0.05, 0) is 53.3 Å². The van der Waals surface area contributed by atoms with Crippen LogP contribution in [-0.2, 0) is 14.8 Å². The van der Waals surface area contributed by atoms with Crippen molar-refractivity contribution < 1.29 is 23.2 Å². The smallest absolute Gasteiger partial charge is 0.262 e. The van der Waals surface area contributed by atoms with Gasteiger partial charge < -0.3 is 4.74 Å². The van der Waals surface area contributed by atoms with Gasteiger partial charge in [-0.25, -0.2) is 13.9 Å². The fourth-order valence-corrected chi connectivity index (χ4v) is 5.02. The van der Waals surface area contributed by atoms with Crippen molar-refractivity contribution in [2.45, 2.75) is 45.1 Å². The number of nitrogens with zero attached hydrogens (tertiary/aromatic N) is 1. The lowest BCUT2D eigenvalue weighted by Gasteiger charge is -2.32. The largest absolute Gasteiger partial charge is 0.497 e. The number of hydrogen-bond donors (Lipinski definition) is 2. The van der Waals surface area contributed by atoms with Crippen molar-refractivity contribution in [3.63, 3.8) is 0 Å². The Kier molecular flexibility index (Phi) is 7.62. The number of sulfonamides is 1. The van der Waals surface area contributed by atoms with Crippen molar-refractivity contribution in [3.05, 3.63) is 36.4 Å². The van der Waals surface area contributed by atoms with Gasteiger partial charge in [0, 0.05) is 6.54 Å². The van der Waals surface area contributed by atoms with Gasteiger partial charge in [-0.1, -0.05) is 39.8 Å². The molecule has 0 saturated heterocycles. The van der Waals surface area contributed by atoms with E-state index >= 15 is 0 Å². The molecule has 0 fully saturated rings. The van der Waals surface area contributed by atoms with Crippen molar-refractivity contribution in [2.75, 3.05) is 13.7 Å². The highest BCUT2D eigenvalue weighted by Gasteiger charge is 2.37. The topological polar surface area (TPSA) is 95.9 Å². The second-order valence-corrected chi connectivity index (χ2v) is 9.73. The average Bonchev–Trinajstić information content (AvgIpc) is 2.68. The third kappa shape index (κ3) is 5.26. The van der Waals surface area contributed by atoms with Crippen LogP contribution in [0.2, 0.25) is 0 Å². The molecule has 0 radical (unpaired) electrons.